The van der Waals surface area contributed by atoms with Crippen LogP contribution in [0.15, 0.2) is 52.1 Å². The van der Waals surface area contributed by atoms with Gasteiger partial charge >= 0.3 is 0 Å². The van der Waals surface area contributed by atoms with Gasteiger partial charge in [0.1, 0.15) is 9.88 Å². The third-order valence-corrected chi connectivity index (χ3v) is 6.38. The molecule has 3 aromatic rings. The van der Waals surface area contributed by atoms with Crippen molar-refractivity contribution in [3.8, 4) is 10.6 Å². The predicted octanol–water partition coefficient (Wildman–Crippen LogP) is 5.09. The molecule has 24 heavy (non-hydrogen) atoms. The van der Waals surface area contributed by atoms with Gasteiger partial charge in [-0.2, -0.15) is 11.3 Å². The lowest BCUT2D eigenvalue weighted by molar-refractivity contribution is 0.0957. The molecule has 0 bridgehead atoms. The maximum atomic E-state index is 12.3. The molecule has 1 amide bonds. The maximum Gasteiger partial charge on any atom is 0.263 e. The van der Waals surface area contributed by atoms with E-state index >= 15 is 0 Å². The van der Waals surface area contributed by atoms with E-state index in [4.69, 9.17) is 0 Å². The second kappa shape index (κ2) is 8.46. The number of amides is 1. The van der Waals surface area contributed by atoms with Gasteiger partial charge in [0, 0.05) is 22.4 Å². The highest BCUT2D eigenvalue weighted by Gasteiger charge is 2.15. The molecule has 0 saturated heterocycles. The van der Waals surface area contributed by atoms with Crippen LogP contribution >= 0.6 is 34.4 Å². The van der Waals surface area contributed by atoms with Gasteiger partial charge in [0.15, 0.2) is 0 Å². The summed E-state index contributed by atoms with van der Waals surface area (Å²) in [6, 6.07) is 12.4. The Morgan fingerprint density at radius 2 is 2.08 bits per heavy atom. The smallest absolute Gasteiger partial charge is 0.263 e. The van der Waals surface area contributed by atoms with Crippen molar-refractivity contribution >= 4 is 40.3 Å². The van der Waals surface area contributed by atoms with Crippen molar-refractivity contribution in [3.63, 3.8) is 0 Å². The highest BCUT2D eigenvalue weighted by atomic mass is 32.2. The summed E-state index contributed by atoms with van der Waals surface area (Å²) in [7, 11) is 0. The van der Waals surface area contributed by atoms with Crippen LogP contribution in [-0.4, -0.2) is 23.2 Å². The molecule has 124 valence electrons. The molecule has 0 radical (unpaired) electrons. The van der Waals surface area contributed by atoms with Crippen LogP contribution in [0.25, 0.3) is 10.6 Å². The van der Waals surface area contributed by atoms with Crippen LogP contribution < -0.4 is 5.32 Å². The number of thiazole rings is 1. The van der Waals surface area contributed by atoms with Gasteiger partial charge in [0.05, 0.1) is 5.69 Å². The highest BCUT2D eigenvalue weighted by molar-refractivity contribution is 7.99. The second-order valence-electron chi connectivity index (χ2n) is 5.22. The lowest BCUT2D eigenvalue weighted by atomic mass is 10.3. The van der Waals surface area contributed by atoms with E-state index < -0.39 is 0 Å². The molecule has 0 spiro atoms. The van der Waals surface area contributed by atoms with E-state index in [1.165, 1.54) is 16.2 Å². The highest BCUT2D eigenvalue weighted by Crippen LogP contribution is 2.29. The minimum atomic E-state index is -0.0174. The summed E-state index contributed by atoms with van der Waals surface area (Å²) in [5.74, 6) is 0.975. The summed E-state index contributed by atoms with van der Waals surface area (Å²) in [5.41, 5.74) is 1.89. The molecule has 1 aromatic carbocycles. The predicted molar refractivity (Wildman–Crippen MR) is 104 cm³/mol. The lowest BCUT2D eigenvalue weighted by Gasteiger charge is -2.04. The number of aryl methyl sites for hydroxylation is 1. The molecule has 0 aliphatic carbocycles. The van der Waals surface area contributed by atoms with Gasteiger partial charge in [-0.3, -0.25) is 4.79 Å². The van der Waals surface area contributed by atoms with Crippen molar-refractivity contribution in [1.29, 1.82) is 0 Å². The monoisotopic (exact) mass is 374 g/mol. The summed E-state index contributed by atoms with van der Waals surface area (Å²) in [5, 5.41) is 8.00. The zero-order valence-electron chi connectivity index (χ0n) is 13.3. The van der Waals surface area contributed by atoms with Crippen LogP contribution in [0.4, 0.5) is 0 Å². The summed E-state index contributed by atoms with van der Waals surface area (Å²) in [6.07, 6.45) is 0.945. The minimum absolute atomic E-state index is 0.0174. The van der Waals surface area contributed by atoms with Gasteiger partial charge in [-0.15, -0.1) is 23.1 Å². The first kappa shape index (κ1) is 17.2. The number of nitrogens with one attached hydrogen (secondary N) is 1. The van der Waals surface area contributed by atoms with Crippen molar-refractivity contribution in [2.24, 2.45) is 0 Å². The van der Waals surface area contributed by atoms with Crippen molar-refractivity contribution in [1.82, 2.24) is 10.3 Å². The summed E-state index contributed by atoms with van der Waals surface area (Å²) >= 11 is 4.92. The third-order valence-electron chi connectivity index (χ3n) is 3.39. The zero-order chi connectivity index (χ0) is 16.8. The molecule has 0 unspecified atom stereocenters. The van der Waals surface area contributed by atoms with Crippen molar-refractivity contribution in [2.75, 3.05) is 12.3 Å². The van der Waals surface area contributed by atoms with Crippen LogP contribution in [0.1, 0.15) is 21.8 Å². The van der Waals surface area contributed by atoms with Gasteiger partial charge in [-0.05, 0) is 42.7 Å². The van der Waals surface area contributed by atoms with Crippen LogP contribution in [0, 0.1) is 6.92 Å². The second-order valence-corrected chi connectivity index (χ2v) is 8.16. The number of carbonyl (C=O) groups excluding carboxylic acids is 1. The third kappa shape index (κ3) is 4.47. The summed E-state index contributed by atoms with van der Waals surface area (Å²) in [4.78, 5) is 18.8. The number of rotatable bonds is 7. The molecule has 0 aliphatic rings. The lowest BCUT2D eigenvalue weighted by Crippen LogP contribution is -2.24. The van der Waals surface area contributed by atoms with Gasteiger partial charge in [0.25, 0.3) is 5.91 Å². The number of hydrogen-bond donors (Lipinski definition) is 1. The van der Waals surface area contributed by atoms with E-state index in [0.717, 1.165) is 28.4 Å². The van der Waals surface area contributed by atoms with Crippen LogP contribution in [0.2, 0.25) is 0 Å². The molecule has 6 heteroatoms. The van der Waals surface area contributed by atoms with Gasteiger partial charge < -0.3 is 5.32 Å². The fourth-order valence-corrected chi connectivity index (χ4v) is 4.75. The van der Waals surface area contributed by atoms with Gasteiger partial charge in [-0.1, -0.05) is 18.2 Å². The number of thioether (sulfide) groups is 1. The summed E-state index contributed by atoms with van der Waals surface area (Å²) in [6.45, 7) is 2.58. The molecule has 0 aliphatic heterocycles. The normalized spacial score (nSPS) is 10.7. The van der Waals surface area contributed by atoms with Crippen molar-refractivity contribution in [2.45, 2.75) is 18.2 Å². The van der Waals surface area contributed by atoms with Gasteiger partial charge in [-0.25, -0.2) is 4.98 Å². The Kier molecular flexibility index (Phi) is 6.07. The molecule has 2 heterocycles. The minimum Gasteiger partial charge on any atom is -0.351 e. The fourth-order valence-electron chi connectivity index (χ4n) is 2.18. The quantitative estimate of drug-likeness (QED) is 0.462. The molecule has 0 saturated carbocycles. The van der Waals surface area contributed by atoms with Crippen molar-refractivity contribution in [3.05, 3.63) is 57.7 Å². The molecule has 0 atom stereocenters. The first-order valence-corrected chi connectivity index (χ1v) is 10.4. The maximum absolute atomic E-state index is 12.3. The number of aromatic nitrogens is 1. The summed E-state index contributed by atoms with van der Waals surface area (Å²) < 4.78 is 0. The first-order valence-electron chi connectivity index (χ1n) is 7.70. The van der Waals surface area contributed by atoms with Gasteiger partial charge in [0.2, 0.25) is 0 Å². The van der Waals surface area contributed by atoms with E-state index in [2.05, 4.69) is 27.8 Å². The fraction of sp³-hybridized carbons (Fsp3) is 0.222. The Bertz CT molecular complexity index is 782. The average molecular weight is 375 g/mol. The van der Waals surface area contributed by atoms with E-state index in [-0.39, 0.29) is 5.91 Å². The first-order chi connectivity index (χ1) is 11.7. The molecular formula is C18H18N2OS3. The Labute approximate surface area is 154 Å². The van der Waals surface area contributed by atoms with E-state index in [1.54, 1.807) is 11.3 Å². The molecular weight excluding hydrogens is 356 g/mol. The average Bonchev–Trinajstić information content (AvgIpc) is 3.24. The molecule has 0 fully saturated rings. The van der Waals surface area contributed by atoms with Crippen LogP contribution in [-0.2, 0) is 0 Å². The van der Waals surface area contributed by atoms with Crippen LogP contribution in [0.3, 0.4) is 0 Å². The Morgan fingerprint density at radius 1 is 1.25 bits per heavy atom. The Balaban J connectivity index is 1.47. The number of carbonyl (C=O) groups is 1. The number of benzene rings is 1. The van der Waals surface area contributed by atoms with E-state index in [1.807, 2.05) is 48.3 Å². The Hall–Kier alpha value is -1.63. The molecule has 1 N–H and O–H groups in total. The molecule has 3 rings (SSSR count). The molecule has 3 nitrogen and oxygen atoms in total. The number of thiophene rings is 1. The zero-order valence-corrected chi connectivity index (χ0v) is 15.8. The topological polar surface area (TPSA) is 42.0 Å². The van der Waals surface area contributed by atoms with E-state index in [0.29, 0.717) is 11.4 Å². The number of hydrogen-bond acceptors (Lipinski definition) is 5. The van der Waals surface area contributed by atoms with Crippen molar-refractivity contribution < 1.29 is 4.79 Å². The SMILES string of the molecule is Cc1nc(-c2ccsc2)sc1C(=O)NCCCSc1ccccc1. The molecule has 2 aromatic heterocycles. The Morgan fingerprint density at radius 3 is 2.83 bits per heavy atom. The van der Waals surface area contributed by atoms with Crippen LogP contribution in [0.5, 0.6) is 0 Å². The standard InChI is InChI=1S/C18H18N2OS3/c1-13-16(24-18(20-13)14-8-11-22-12-14)17(21)19-9-5-10-23-15-6-3-2-4-7-15/h2-4,6-8,11-12H,5,9-10H2,1H3,(H,19,21). The van der Waals surface area contributed by atoms with E-state index in [9.17, 15) is 4.79 Å². The number of nitrogens with zero attached hydrogens (tertiary/aromatic N) is 1. The largest absolute Gasteiger partial charge is 0.351 e.